The zero-order chi connectivity index (χ0) is 45.7. The number of para-hydroxylation sites is 3. The molecule has 0 atom stereocenters. The van der Waals surface area contributed by atoms with Crippen LogP contribution < -0.4 is 4.90 Å². The summed E-state index contributed by atoms with van der Waals surface area (Å²) in [6.45, 7) is 0. The van der Waals surface area contributed by atoms with Crippen molar-refractivity contribution >= 4 is 70.4 Å². The highest BCUT2D eigenvalue weighted by Gasteiger charge is 2.21. The molecular formula is C66H44N2S. The molecule has 69 heavy (non-hydrogen) atoms. The van der Waals surface area contributed by atoms with Crippen LogP contribution in [-0.2, 0) is 0 Å². The lowest BCUT2D eigenvalue weighted by atomic mass is 9.88. The zero-order valence-electron chi connectivity index (χ0n) is 37.7. The third kappa shape index (κ3) is 7.11. The molecule has 13 aromatic rings. The molecule has 0 amide bonds. The second kappa shape index (κ2) is 17.2. The second-order valence-electron chi connectivity index (χ2n) is 17.6. The maximum Gasteiger partial charge on any atom is 0.0541 e. The van der Waals surface area contributed by atoms with Crippen molar-refractivity contribution in [2.45, 2.75) is 0 Å². The molecule has 0 aliphatic rings. The number of thiophene rings is 1. The molecule has 0 radical (unpaired) electrons. The third-order valence-electron chi connectivity index (χ3n) is 13.7. The minimum absolute atomic E-state index is 1.08. The van der Waals surface area contributed by atoms with Crippen LogP contribution in [0.1, 0.15) is 0 Å². The average molecular weight is 897 g/mol. The molecule has 0 bridgehead atoms. The molecule has 0 unspecified atom stereocenters. The van der Waals surface area contributed by atoms with Gasteiger partial charge in [0.05, 0.1) is 16.7 Å². The van der Waals surface area contributed by atoms with E-state index in [-0.39, 0.29) is 0 Å². The predicted octanol–water partition coefficient (Wildman–Crippen LogP) is 19.0. The highest BCUT2D eigenvalue weighted by atomic mass is 32.1. The van der Waals surface area contributed by atoms with E-state index in [1.165, 1.54) is 86.5 Å². The SMILES string of the molecule is c1ccc(-c2ccccc2-c2ccccc2-c2ccccc2N(c2ccc(-c3ccc(-n4c5ccccc5c5ccccc54)cc3)cc2)c2ccc(-c3cccc4c3sc3ccccc34)cc2)cc1. The van der Waals surface area contributed by atoms with Crippen LogP contribution >= 0.6 is 11.3 Å². The smallest absolute Gasteiger partial charge is 0.0541 e. The van der Waals surface area contributed by atoms with Gasteiger partial charge in [-0.25, -0.2) is 0 Å². The molecule has 2 aromatic heterocycles. The highest BCUT2D eigenvalue weighted by Crippen LogP contribution is 2.47. The summed E-state index contributed by atoms with van der Waals surface area (Å²) in [5.74, 6) is 0. The first-order valence-electron chi connectivity index (χ1n) is 23.6. The number of anilines is 3. The molecule has 0 saturated carbocycles. The molecule has 13 rings (SSSR count). The molecule has 0 N–H and O–H groups in total. The molecule has 2 nitrogen and oxygen atoms in total. The topological polar surface area (TPSA) is 8.17 Å². The Morgan fingerprint density at radius 3 is 1.36 bits per heavy atom. The lowest BCUT2D eigenvalue weighted by Gasteiger charge is -2.29. The third-order valence-corrected chi connectivity index (χ3v) is 14.9. The van der Waals surface area contributed by atoms with Crippen molar-refractivity contribution in [2.75, 3.05) is 4.90 Å². The van der Waals surface area contributed by atoms with E-state index < -0.39 is 0 Å². The van der Waals surface area contributed by atoms with E-state index in [0.717, 1.165) is 33.9 Å². The van der Waals surface area contributed by atoms with Crippen LogP contribution in [0.4, 0.5) is 17.1 Å². The maximum atomic E-state index is 2.42. The summed E-state index contributed by atoms with van der Waals surface area (Å²) >= 11 is 1.87. The van der Waals surface area contributed by atoms with E-state index >= 15 is 0 Å². The Bertz CT molecular complexity index is 3940. The number of fused-ring (bicyclic) bond motifs is 6. The molecule has 324 valence electrons. The summed E-state index contributed by atoms with van der Waals surface area (Å²) in [6.07, 6.45) is 0. The summed E-state index contributed by atoms with van der Waals surface area (Å²) in [5, 5.41) is 5.15. The van der Waals surface area contributed by atoms with Gasteiger partial charge in [0.2, 0.25) is 0 Å². The van der Waals surface area contributed by atoms with Crippen molar-refractivity contribution in [2.24, 2.45) is 0 Å². The molecule has 11 aromatic carbocycles. The highest BCUT2D eigenvalue weighted by molar-refractivity contribution is 7.26. The van der Waals surface area contributed by atoms with E-state index in [1.807, 2.05) is 11.3 Å². The molecule has 2 heterocycles. The summed E-state index contributed by atoms with van der Waals surface area (Å²) in [5.41, 5.74) is 18.8. The lowest BCUT2D eigenvalue weighted by molar-refractivity contribution is 1.18. The van der Waals surface area contributed by atoms with Gasteiger partial charge < -0.3 is 9.47 Å². The quantitative estimate of drug-likeness (QED) is 0.140. The van der Waals surface area contributed by atoms with Gasteiger partial charge in [-0.15, -0.1) is 11.3 Å². The summed E-state index contributed by atoms with van der Waals surface area (Å²) < 4.78 is 5.01. The normalized spacial score (nSPS) is 11.5. The van der Waals surface area contributed by atoms with Gasteiger partial charge in [0.25, 0.3) is 0 Å². The number of hydrogen-bond acceptors (Lipinski definition) is 2. The van der Waals surface area contributed by atoms with E-state index in [2.05, 4.69) is 276 Å². The average Bonchev–Trinajstić information content (AvgIpc) is 3.98. The number of rotatable bonds is 9. The van der Waals surface area contributed by atoms with Crippen LogP contribution in [0.15, 0.2) is 267 Å². The molecule has 0 aliphatic heterocycles. The Balaban J connectivity index is 0.921. The van der Waals surface area contributed by atoms with Crippen molar-refractivity contribution in [3.8, 4) is 61.3 Å². The second-order valence-corrected chi connectivity index (χ2v) is 18.7. The molecule has 0 fully saturated rings. The maximum absolute atomic E-state index is 2.42. The molecular weight excluding hydrogens is 853 g/mol. The fraction of sp³-hybridized carbons (Fsp3) is 0. The fourth-order valence-electron chi connectivity index (χ4n) is 10.4. The number of hydrogen-bond donors (Lipinski definition) is 0. The Hall–Kier alpha value is -8.76. The van der Waals surface area contributed by atoms with Gasteiger partial charge in [-0.1, -0.05) is 206 Å². The van der Waals surface area contributed by atoms with Gasteiger partial charge in [0.15, 0.2) is 0 Å². The summed E-state index contributed by atoms with van der Waals surface area (Å²) in [7, 11) is 0. The van der Waals surface area contributed by atoms with Crippen molar-refractivity contribution in [1.82, 2.24) is 4.57 Å². The molecule has 0 saturated heterocycles. The Kier molecular flexibility index (Phi) is 10.1. The van der Waals surface area contributed by atoms with Crippen molar-refractivity contribution in [1.29, 1.82) is 0 Å². The molecule has 0 spiro atoms. The fourth-order valence-corrected chi connectivity index (χ4v) is 11.7. The van der Waals surface area contributed by atoms with Crippen LogP contribution in [0.25, 0.3) is 103 Å². The van der Waals surface area contributed by atoms with Crippen LogP contribution in [0, 0.1) is 0 Å². The number of aromatic nitrogens is 1. The van der Waals surface area contributed by atoms with Gasteiger partial charge in [-0.3, -0.25) is 0 Å². The Morgan fingerprint density at radius 1 is 0.275 bits per heavy atom. The van der Waals surface area contributed by atoms with Crippen molar-refractivity contribution in [3.05, 3.63) is 267 Å². The van der Waals surface area contributed by atoms with Gasteiger partial charge >= 0.3 is 0 Å². The van der Waals surface area contributed by atoms with Crippen LogP contribution in [-0.4, -0.2) is 4.57 Å². The van der Waals surface area contributed by atoms with Gasteiger partial charge in [-0.05, 0) is 111 Å². The summed E-state index contributed by atoms with van der Waals surface area (Å²) in [6, 6.07) is 97.3. The zero-order valence-corrected chi connectivity index (χ0v) is 38.5. The van der Waals surface area contributed by atoms with Crippen molar-refractivity contribution < 1.29 is 0 Å². The van der Waals surface area contributed by atoms with Crippen LogP contribution in [0.2, 0.25) is 0 Å². The van der Waals surface area contributed by atoms with Crippen molar-refractivity contribution in [3.63, 3.8) is 0 Å². The van der Waals surface area contributed by atoms with E-state index in [9.17, 15) is 0 Å². The number of benzene rings is 11. The largest absolute Gasteiger partial charge is 0.310 e. The molecule has 3 heteroatoms. The Labute approximate surface area is 405 Å². The lowest BCUT2D eigenvalue weighted by Crippen LogP contribution is -2.11. The van der Waals surface area contributed by atoms with Crippen LogP contribution in [0.3, 0.4) is 0 Å². The molecule has 0 aliphatic carbocycles. The summed E-state index contributed by atoms with van der Waals surface area (Å²) in [4.78, 5) is 2.42. The minimum Gasteiger partial charge on any atom is -0.310 e. The monoisotopic (exact) mass is 896 g/mol. The van der Waals surface area contributed by atoms with Gasteiger partial charge in [0, 0.05) is 53.6 Å². The van der Waals surface area contributed by atoms with Gasteiger partial charge in [0.1, 0.15) is 0 Å². The first-order valence-corrected chi connectivity index (χ1v) is 24.4. The minimum atomic E-state index is 1.08. The van der Waals surface area contributed by atoms with Crippen LogP contribution in [0.5, 0.6) is 0 Å². The first-order chi connectivity index (χ1) is 34.2. The van der Waals surface area contributed by atoms with Gasteiger partial charge in [-0.2, -0.15) is 0 Å². The Morgan fingerprint density at radius 2 is 0.710 bits per heavy atom. The van der Waals surface area contributed by atoms with E-state index in [4.69, 9.17) is 0 Å². The first kappa shape index (κ1) is 40.5. The predicted molar refractivity (Wildman–Crippen MR) is 296 cm³/mol. The standard InChI is InChI=1S/C66H44N2S/c1-2-17-47(18-3-1)52-19-4-5-20-54(52)55-21-6-7-22-56(55)57-23-8-12-29-62(57)67(50-43-37-48(38-44-50)53-27-16-28-61-60-26-11-15-32-65(60)69-66(53)61)49-39-33-45(34-40-49)46-35-41-51(42-36-46)68-63-30-13-9-24-58(63)59-25-10-14-31-64(59)68/h1-44H. The number of nitrogens with zero attached hydrogens (tertiary/aromatic N) is 2. The van der Waals surface area contributed by atoms with E-state index in [0.29, 0.717) is 0 Å². The van der Waals surface area contributed by atoms with E-state index in [1.54, 1.807) is 0 Å².